The van der Waals surface area contributed by atoms with Crippen molar-refractivity contribution in [1.82, 2.24) is 9.38 Å². The zero-order valence-corrected chi connectivity index (χ0v) is 10.6. The highest BCUT2D eigenvalue weighted by molar-refractivity contribution is 9.10. The molecule has 2 aromatic rings. The zero-order chi connectivity index (χ0) is 11.2. The van der Waals surface area contributed by atoms with Gasteiger partial charge in [0, 0.05) is 10.7 Å². The van der Waals surface area contributed by atoms with Gasteiger partial charge in [0.1, 0.15) is 5.82 Å². The van der Waals surface area contributed by atoms with Gasteiger partial charge in [0.05, 0.1) is 17.3 Å². The molecule has 0 radical (unpaired) electrons. The van der Waals surface area contributed by atoms with E-state index in [1.807, 2.05) is 18.5 Å². The first-order valence-electron chi connectivity index (χ1n) is 5.61. The van der Waals surface area contributed by atoms with Crippen LogP contribution in [0, 0.1) is 0 Å². The van der Waals surface area contributed by atoms with Crippen molar-refractivity contribution in [2.75, 3.05) is 0 Å². The van der Waals surface area contributed by atoms with Gasteiger partial charge in [-0.1, -0.05) is 28.8 Å². The summed E-state index contributed by atoms with van der Waals surface area (Å²) < 4.78 is 3.18. The predicted molar refractivity (Wildman–Crippen MR) is 67.2 cm³/mol. The van der Waals surface area contributed by atoms with Crippen LogP contribution >= 0.6 is 15.9 Å². The second-order valence-corrected chi connectivity index (χ2v) is 5.50. The quantitative estimate of drug-likeness (QED) is 0.872. The Kier molecular flexibility index (Phi) is 2.30. The van der Waals surface area contributed by atoms with Gasteiger partial charge in [-0.3, -0.25) is 0 Å². The first-order chi connectivity index (χ1) is 7.69. The van der Waals surface area contributed by atoms with E-state index in [-0.39, 0.29) is 5.54 Å². The number of halogens is 1. The van der Waals surface area contributed by atoms with E-state index in [1.165, 1.54) is 12.8 Å². The molecule has 1 saturated carbocycles. The summed E-state index contributed by atoms with van der Waals surface area (Å²) in [6.07, 6.45) is 8.44. The largest absolute Gasteiger partial charge is 0.319 e. The molecule has 16 heavy (non-hydrogen) atoms. The molecule has 1 fully saturated rings. The van der Waals surface area contributed by atoms with Gasteiger partial charge < -0.3 is 10.1 Å². The number of aromatic nitrogens is 2. The van der Waals surface area contributed by atoms with Crippen LogP contribution in [0.5, 0.6) is 0 Å². The Morgan fingerprint density at radius 3 is 2.88 bits per heavy atom. The Bertz CT molecular complexity index is 526. The maximum absolute atomic E-state index is 6.43. The molecule has 0 bridgehead atoms. The van der Waals surface area contributed by atoms with Crippen molar-refractivity contribution >= 4 is 21.4 Å². The van der Waals surface area contributed by atoms with Crippen LogP contribution in [0.1, 0.15) is 31.5 Å². The lowest BCUT2D eigenvalue weighted by molar-refractivity contribution is 0.429. The molecular weight excluding hydrogens is 266 g/mol. The zero-order valence-electron chi connectivity index (χ0n) is 8.99. The minimum Gasteiger partial charge on any atom is -0.319 e. The van der Waals surface area contributed by atoms with Crippen molar-refractivity contribution in [1.29, 1.82) is 0 Å². The highest BCUT2D eigenvalue weighted by Gasteiger charge is 2.34. The molecule has 0 atom stereocenters. The van der Waals surface area contributed by atoms with Crippen molar-refractivity contribution in [3.05, 3.63) is 34.8 Å². The summed E-state index contributed by atoms with van der Waals surface area (Å²) in [5.41, 5.74) is 7.31. The lowest BCUT2D eigenvalue weighted by Gasteiger charge is -2.21. The van der Waals surface area contributed by atoms with Crippen LogP contribution in [0.4, 0.5) is 0 Å². The van der Waals surface area contributed by atoms with Crippen LogP contribution in [-0.4, -0.2) is 9.38 Å². The Hall–Kier alpha value is -0.870. The fourth-order valence-corrected chi connectivity index (χ4v) is 2.92. The van der Waals surface area contributed by atoms with E-state index < -0.39 is 0 Å². The smallest absolute Gasteiger partial charge is 0.133 e. The predicted octanol–water partition coefficient (Wildman–Crippen LogP) is 2.82. The fourth-order valence-electron chi connectivity index (χ4n) is 2.57. The van der Waals surface area contributed by atoms with Crippen LogP contribution in [0.25, 0.3) is 5.52 Å². The van der Waals surface area contributed by atoms with Gasteiger partial charge in [-0.15, -0.1) is 0 Å². The number of nitrogens with zero attached hydrogens (tertiary/aromatic N) is 2. The number of nitrogens with two attached hydrogens (primary N) is 1. The van der Waals surface area contributed by atoms with Gasteiger partial charge in [0.25, 0.3) is 0 Å². The Labute approximate surface area is 103 Å². The van der Waals surface area contributed by atoms with Crippen LogP contribution < -0.4 is 5.73 Å². The summed E-state index contributed by atoms with van der Waals surface area (Å²) in [6.45, 7) is 0. The molecule has 0 saturated heterocycles. The Balaban J connectivity index is 2.17. The molecule has 2 heterocycles. The van der Waals surface area contributed by atoms with Gasteiger partial charge in [-0.05, 0) is 25.0 Å². The minimum atomic E-state index is -0.222. The van der Waals surface area contributed by atoms with Crippen LogP contribution in [0.2, 0.25) is 0 Å². The highest BCUT2D eigenvalue weighted by atomic mass is 79.9. The first kappa shape index (κ1) is 10.3. The molecule has 0 amide bonds. The third kappa shape index (κ3) is 1.48. The monoisotopic (exact) mass is 279 g/mol. The fraction of sp³-hybridized carbons (Fsp3) is 0.417. The van der Waals surface area contributed by atoms with E-state index in [1.54, 1.807) is 0 Å². The Morgan fingerprint density at radius 2 is 2.12 bits per heavy atom. The maximum Gasteiger partial charge on any atom is 0.133 e. The molecule has 3 nitrogen and oxygen atoms in total. The van der Waals surface area contributed by atoms with E-state index in [2.05, 4.69) is 31.4 Å². The summed E-state index contributed by atoms with van der Waals surface area (Å²) in [5.74, 6) is 1.01. The second kappa shape index (κ2) is 3.57. The number of imidazole rings is 1. The van der Waals surface area contributed by atoms with Crippen LogP contribution in [0.3, 0.4) is 0 Å². The number of fused-ring (bicyclic) bond motifs is 1. The molecule has 0 aromatic carbocycles. The van der Waals surface area contributed by atoms with Crippen LogP contribution in [-0.2, 0) is 5.54 Å². The lowest BCUT2D eigenvalue weighted by Crippen LogP contribution is -2.35. The van der Waals surface area contributed by atoms with Gasteiger partial charge in [0.15, 0.2) is 0 Å². The number of hydrogen-bond acceptors (Lipinski definition) is 2. The molecule has 0 aliphatic heterocycles. The summed E-state index contributed by atoms with van der Waals surface area (Å²) in [7, 11) is 0. The lowest BCUT2D eigenvalue weighted by atomic mass is 9.98. The number of hydrogen-bond donors (Lipinski definition) is 1. The van der Waals surface area contributed by atoms with E-state index in [0.717, 1.165) is 28.7 Å². The molecule has 1 aliphatic rings. The molecule has 1 aliphatic carbocycles. The molecular formula is C12H14BrN3. The van der Waals surface area contributed by atoms with Crippen LogP contribution in [0.15, 0.2) is 29.0 Å². The number of rotatable bonds is 1. The molecule has 0 spiro atoms. The molecule has 4 heteroatoms. The average Bonchev–Trinajstić information content (AvgIpc) is 2.84. The van der Waals surface area contributed by atoms with Crippen molar-refractivity contribution in [3.63, 3.8) is 0 Å². The van der Waals surface area contributed by atoms with Crippen molar-refractivity contribution in [2.45, 2.75) is 31.2 Å². The van der Waals surface area contributed by atoms with E-state index in [9.17, 15) is 0 Å². The number of pyridine rings is 1. The topological polar surface area (TPSA) is 43.3 Å². The van der Waals surface area contributed by atoms with Crippen molar-refractivity contribution in [3.8, 4) is 0 Å². The molecule has 0 unspecified atom stereocenters. The summed E-state index contributed by atoms with van der Waals surface area (Å²) >= 11 is 3.47. The SMILES string of the molecule is NC1(c2ncc3cc(Br)ccn23)CCCC1. The van der Waals surface area contributed by atoms with E-state index >= 15 is 0 Å². The molecule has 2 N–H and O–H groups in total. The molecule has 84 valence electrons. The van der Waals surface area contributed by atoms with E-state index in [0.29, 0.717) is 0 Å². The summed E-state index contributed by atoms with van der Waals surface area (Å²) in [6, 6.07) is 4.09. The maximum atomic E-state index is 6.43. The molecule has 3 rings (SSSR count). The average molecular weight is 280 g/mol. The van der Waals surface area contributed by atoms with Gasteiger partial charge in [-0.25, -0.2) is 4.98 Å². The van der Waals surface area contributed by atoms with Crippen molar-refractivity contribution < 1.29 is 0 Å². The third-order valence-corrected chi connectivity index (χ3v) is 3.93. The van der Waals surface area contributed by atoms with Gasteiger partial charge in [-0.2, -0.15) is 0 Å². The third-order valence-electron chi connectivity index (χ3n) is 3.44. The van der Waals surface area contributed by atoms with Gasteiger partial charge >= 0.3 is 0 Å². The van der Waals surface area contributed by atoms with E-state index in [4.69, 9.17) is 5.73 Å². The highest BCUT2D eigenvalue weighted by Crippen LogP contribution is 2.35. The standard InChI is InChI=1S/C12H14BrN3/c13-9-3-6-16-10(7-9)8-15-11(16)12(14)4-1-2-5-12/h3,6-8H,1-2,4-5,14H2. The normalized spacial score (nSPS) is 19.4. The van der Waals surface area contributed by atoms with Gasteiger partial charge in [0.2, 0.25) is 0 Å². The minimum absolute atomic E-state index is 0.222. The van der Waals surface area contributed by atoms with Crippen molar-refractivity contribution in [2.24, 2.45) is 5.73 Å². The second-order valence-electron chi connectivity index (χ2n) is 4.58. The Morgan fingerprint density at radius 1 is 1.38 bits per heavy atom. The summed E-state index contributed by atoms with van der Waals surface area (Å²) in [5, 5.41) is 0. The molecule has 2 aromatic heterocycles. The summed E-state index contributed by atoms with van der Waals surface area (Å²) in [4.78, 5) is 4.51. The first-order valence-corrected chi connectivity index (χ1v) is 6.40.